The van der Waals surface area contributed by atoms with Gasteiger partial charge in [0.1, 0.15) is 22.8 Å². The van der Waals surface area contributed by atoms with Crippen molar-refractivity contribution in [2.45, 2.75) is 31.7 Å². The number of amides is 1. The van der Waals surface area contributed by atoms with E-state index in [2.05, 4.69) is 5.32 Å². The van der Waals surface area contributed by atoms with Crippen LogP contribution in [0.2, 0.25) is 0 Å². The molecule has 0 atom stereocenters. The van der Waals surface area contributed by atoms with Crippen LogP contribution < -0.4 is 10.1 Å². The van der Waals surface area contributed by atoms with Crippen molar-refractivity contribution in [3.63, 3.8) is 0 Å². The van der Waals surface area contributed by atoms with E-state index in [1.54, 1.807) is 14.0 Å². The van der Waals surface area contributed by atoms with E-state index in [4.69, 9.17) is 14.3 Å². The van der Waals surface area contributed by atoms with Crippen molar-refractivity contribution in [1.82, 2.24) is 5.32 Å². The Kier molecular flexibility index (Phi) is 4.05. The normalized spacial score (nSPS) is 14.9. The van der Waals surface area contributed by atoms with Crippen LogP contribution in [0, 0.1) is 6.92 Å². The molecule has 1 heterocycles. The first-order chi connectivity index (χ1) is 11.5. The Labute approximate surface area is 139 Å². The molecule has 0 spiro atoms. The molecular formula is C18H19NO5. The van der Waals surface area contributed by atoms with Crippen LogP contribution in [0.25, 0.3) is 0 Å². The largest absolute Gasteiger partial charge is 0.496 e. The molecule has 2 aromatic rings. The Morgan fingerprint density at radius 3 is 2.62 bits per heavy atom. The lowest BCUT2D eigenvalue weighted by Gasteiger charge is -2.18. The summed E-state index contributed by atoms with van der Waals surface area (Å²) in [6.07, 6.45) is 1.52. The van der Waals surface area contributed by atoms with E-state index in [0.717, 1.165) is 18.4 Å². The average Bonchev–Trinajstić information content (AvgIpc) is 3.30. The van der Waals surface area contributed by atoms with Gasteiger partial charge in [-0.25, -0.2) is 4.79 Å². The average molecular weight is 329 g/mol. The summed E-state index contributed by atoms with van der Waals surface area (Å²) in [6, 6.07) is 8.96. The number of benzene rings is 1. The molecule has 6 nitrogen and oxygen atoms in total. The molecule has 0 bridgehead atoms. The van der Waals surface area contributed by atoms with Gasteiger partial charge in [0.25, 0.3) is 0 Å². The molecule has 0 unspecified atom stereocenters. The number of methoxy groups -OCH3 is 1. The maximum Gasteiger partial charge on any atom is 0.339 e. The van der Waals surface area contributed by atoms with E-state index in [1.165, 1.54) is 6.07 Å². The Morgan fingerprint density at radius 1 is 1.33 bits per heavy atom. The number of para-hydroxylation sites is 1. The number of furan rings is 1. The zero-order valence-corrected chi connectivity index (χ0v) is 13.6. The third-order valence-electron chi connectivity index (χ3n) is 4.43. The minimum Gasteiger partial charge on any atom is -0.496 e. The first-order valence-electron chi connectivity index (χ1n) is 7.72. The van der Waals surface area contributed by atoms with E-state index < -0.39 is 11.4 Å². The Balaban J connectivity index is 1.73. The van der Waals surface area contributed by atoms with Gasteiger partial charge in [0.15, 0.2) is 0 Å². The summed E-state index contributed by atoms with van der Waals surface area (Å²) in [7, 11) is 1.59. The standard InChI is InChI=1S/C18H19NO5/c1-11-13(16(20)21)9-12(24-11)10-19-17(22)18(7-8-18)14-5-3-4-6-15(14)23-2/h3-6,9H,7-8,10H2,1-2H3,(H,19,22)(H,20,21). The van der Waals surface area contributed by atoms with Crippen molar-refractivity contribution in [3.05, 3.63) is 53.0 Å². The maximum absolute atomic E-state index is 12.7. The SMILES string of the molecule is COc1ccccc1C1(C(=O)NCc2cc(C(=O)O)c(C)o2)CC1. The minimum absolute atomic E-state index is 0.0991. The maximum atomic E-state index is 12.7. The number of rotatable bonds is 6. The second-order valence-electron chi connectivity index (χ2n) is 5.95. The lowest BCUT2D eigenvalue weighted by molar-refractivity contribution is -0.123. The summed E-state index contributed by atoms with van der Waals surface area (Å²) >= 11 is 0. The molecule has 24 heavy (non-hydrogen) atoms. The van der Waals surface area contributed by atoms with Gasteiger partial charge < -0.3 is 19.6 Å². The highest BCUT2D eigenvalue weighted by molar-refractivity contribution is 5.92. The molecule has 0 aliphatic heterocycles. The van der Waals surface area contributed by atoms with Gasteiger partial charge in [0.05, 0.1) is 19.1 Å². The van der Waals surface area contributed by atoms with Crippen molar-refractivity contribution in [1.29, 1.82) is 0 Å². The van der Waals surface area contributed by atoms with Gasteiger partial charge in [0.2, 0.25) is 5.91 Å². The lowest BCUT2D eigenvalue weighted by atomic mass is 9.94. The lowest BCUT2D eigenvalue weighted by Crippen LogP contribution is -2.34. The molecule has 1 saturated carbocycles. The Bertz CT molecular complexity index is 788. The van der Waals surface area contributed by atoms with E-state index in [1.807, 2.05) is 24.3 Å². The van der Waals surface area contributed by atoms with Crippen molar-refractivity contribution in [3.8, 4) is 5.75 Å². The molecule has 0 saturated heterocycles. The molecule has 1 fully saturated rings. The molecule has 1 aliphatic rings. The fraction of sp³-hybridized carbons (Fsp3) is 0.333. The van der Waals surface area contributed by atoms with Crippen LogP contribution in [-0.4, -0.2) is 24.1 Å². The second kappa shape index (κ2) is 6.03. The number of carboxylic acids is 1. The van der Waals surface area contributed by atoms with Gasteiger partial charge in [0, 0.05) is 5.56 Å². The van der Waals surface area contributed by atoms with Crippen LogP contribution in [0.1, 0.15) is 40.3 Å². The van der Waals surface area contributed by atoms with Crippen LogP contribution >= 0.6 is 0 Å². The quantitative estimate of drug-likeness (QED) is 0.850. The van der Waals surface area contributed by atoms with E-state index in [0.29, 0.717) is 17.3 Å². The number of aryl methyl sites for hydroxylation is 1. The molecule has 126 valence electrons. The number of ether oxygens (including phenoxy) is 1. The zero-order valence-electron chi connectivity index (χ0n) is 13.6. The highest BCUT2D eigenvalue weighted by atomic mass is 16.5. The van der Waals surface area contributed by atoms with Gasteiger partial charge >= 0.3 is 5.97 Å². The van der Waals surface area contributed by atoms with Crippen LogP contribution in [-0.2, 0) is 16.8 Å². The topological polar surface area (TPSA) is 88.8 Å². The molecule has 1 aromatic carbocycles. The first kappa shape index (κ1) is 16.1. The van der Waals surface area contributed by atoms with Gasteiger partial charge in [-0.15, -0.1) is 0 Å². The van der Waals surface area contributed by atoms with Crippen LogP contribution in [0.4, 0.5) is 0 Å². The summed E-state index contributed by atoms with van der Waals surface area (Å²) in [5, 5.41) is 11.9. The van der Waals surface area contributed by atoms with Crippen LogP contribution in [0.15, 0.2) is 34.7 Å². The predicted octanol–water partition coefficient (Wildman–Crippen LogP) is 2.64. The van der Waals surface area contributed by atoms with Crippen LogP contribution in [0.5, 0.6) is 5.75 Å². The smallest absolute Gasteiger partial charge is 0.339 e. The van der Waals surface area contributed by atoms with Gasteiger partial charge in [-0.1, -0.05) is 18.2 Å². The molecule has 0 radical (unpaired) electrons. The fourth-order valence-electron chi connectivity index (χ4n) is 2.96. The number of carbonyl (C=O) groups excluding carboxylic acids is 1. The van der Waals surface area contributed by atoms with Gasteiger partial charge in [-0.3, -0.25) is 4.79 Å². The third kappa shape index (κ3) is 2.75. The number of nitrogens with one attached hydrogen (secondary N) is 1. The molecule has 2 N–H and O–H groups in total. The summed E-state index contributed by atoms with van der Waals surface area (Å²) in [5.74, 6) is 0.318. The number of carbonyl (C=O) groups is 2. The summed E-state index contributed by atoms with van der Waals surface area (Å²) in [5.41, 5.74) is 0.432. The monoisotopic (exact) mass is 329 g/mol. The van der Waals surface area contributed by atoms with E-state index in [9.17, 15) is 9.59 Å². The number of aromatic carboxylic acids is 1. The zero-order chi connectivity index (χ0) is 17.3. The van der Waals surface area contributed by atoms with Crippen molar-refractivity contribution in [2.24, 2.45) is 0 Å². The van der Waals surface area contributed by atoms with Crippen LogP contribution in [0.3, 0.4) is 0 Å². The Morgan fingerprint density at radius 2 is 2.04 bits per heavy atom. The number of carboxylic acid groups (broad SMARTS) is 1. The highest BCUT2D eigenvalue weighted by Gasteiger charge is 2.52. The molecule has 1 amide bonds. The summed E-state index contributed by atoms with van der Waals surface area (Å²) in [4.78, 5) is 23.7. The fourth-order valence-corrected chi connectivity index (χ4v) is 2.96. The molecular weight excluding hydrogens is 310 g/mol. The van der Waals surface area contributed by atoms with Crippen molar-refractivity contribution in [2.75, 3.05) is 7.11 Å². The van der Waals surface area contributed by atoms with Crippen molar-refractivity contribution >= 4 is 11.9 Å². The predicted molar refractivity (Wildman–Crippen MR) is 86.2 cm³/mol. The van der Waals surface area contributed by atoms with Gasteiger partial charge in [-0.2, -0.15) is 0 Å². The number of hydrogen-bond acceptors (Lipinski definition) is 4. The third-order valence-corrected chi connectivity index (χ3v) is 4.43. The highest BCUT2D eigenvalue weighted by Crippen LogP contribution is 2.51. The molecule has 6 heteroatoms. The minimum atomic E-state index is -1.04. The van der Waals surface area contributed by atoms with E-state index in [-0.39, 0.29) is 18.0 Å². The number of hydrogen-bond donors (Lipinski definition) is 2. The summed E-state index contributed by atoms with van der Waals surface area (Å²) in [6.45, 7) is 1.75. The van der Waals surface area contributed by atoms with E-state index >= 15 is 0 Å². The summed E-state index contributed by atoms with van der Waals surface area (Å²) < 4.78 is 10.8. The van der Waals surface area contributed by atoms with Gasteiger partial charge in [-0.05, 0) is 31.9 Å². The van der Waals surface area contributed by atoms with Crippen molar-refractivity contribution < 1.29 is 23.8 Å². The molecule has 1 aromatic heterocycles. The molecule has 1 aliphatic carbocycles. The first-order valence-corrected chi connectivity index (χ1v) is 7.72. The second-order valence-corrected chi connectivity index (χ2v) is 5.95. The Hall–Kier alpha value is -2.76. The molecule has 3 rings (SSSR count).